The summed E-state index contributed by atoms with van der Waals surface area (Å²) in [4.78, 5) is 4.49. The molecule has 0 aliphatic carbocycles. The minimum atomic E-state index is 0.418. The first-order chi connectivity index (χ1) is 8.21. The quantitative estimate of drug-likeness (QED) is 0.752. The van der Waals surface area contributed by atoms with Crippen LogP contribution in [0.2, 0.25) is 0 Å². The van der Waals surface area contributed by atoms with Gasteiger partial charge in [-0.25, -0.2) is 4.98 Å². The monoisotopic (exact) mass is 237 g/mol. The number of aryl methyl sites for hydroxylation is 1. The molecule has 0 aromatic carbocycles. The predicted octanol–water partition coefficient (Wildman–Crippen LogP) is 3.29. The van der Waals surface area contributed by atoms with Gasteiger partial charge in [0, 0.05) is 13.2 Å². The van der Waals surface area contributed by atoms with Crippen LogP contribution in [0.1, 0.15) is 58.2 Å². The zero-order valence-electron chi connectivity index (χ0n) is 11.7. The molecule has 0 spiro atoms. The van der Waals surface area contributed by atoms with Crippen molar-refractivity contribution in [3.63, 3.8) is 0 Å². The second-order valence-corrected chi connectivity index (χ2v) is 4.89. The van der Waals surface area contributed by atoms with Crippen molar-refractivity contribution in [2.45, 2.75) is 52.5 Å². The number of nitrogens with zero attached hydrogens (tertiary/aromatic N) is 2. The summed E-state index contributed by atoms with van der Waals surface area (Å²) in [5.74, 6) is 0.798. The minimum Gasteiger partial charge on any atom is -0.340 e. The molecule has 0 saturated carbocycles. The maximum absolute atomic E-state index is 4.49. The third-order valence-electron chi connectivity index (χ3n) is 3.45. The second kappa shape index (κ2) is 7.49. The van der Waals surface area contributed by atoms with Crippen LogP contribution < -0.4 is 5.32 Å². The fraction of sp³-hybridized carbons (Fsp3) is 0.786. The van der Waals surface area contributed by atoms with E-state index in [1.54, 1.807) is 0 Å². The topological polar surface area (TPSA) is 29.9 Å². The highest BCUT2D eigenvalue weighted by molar-refractivity contribution is 5.03. The van der Waals surface area contributed by atoms with Crippen LogP contribution >= 0.6 is 0 Å². The molecule has 0 bridgehead atoms. The van der Waals surface area contributed by atoms with Crippen LogP contribution in [0.4, 0.5) is 0 Å². The highest BCUT2D eigenvalue weighted by atomic mass is 15.0. The van der Waals surface area contributed by atoms with Crippen LogP contribution in [0.5, 0.6) is 0 Å². The van der Waals surface area contributed by atoms with E-state index < -0.39 is 0 Å². The van der Waals surface area contributed by atoms with E-state index in [0.717, 1.165) is 12.5 Å². The maximum atomic E-state index is 4.49. The summed E-state index contributed by atoms with van der Waals surface area (Å²) in [6.45, 7) is 7.84. The molecule has 1 heterocycles. The lowest BCUT2D eigenvalue weighted by molar-refractivity contribution is 0.367. The average molecular weight is 237 g/mol. The first-order valence-electron chi connectivity index (χ1n) is 6.92. The van der Waals surface area contributed by atoms with Gasteiger partial charge < -0.3 is 9.88 Å². The molecule has 0 radical (unpaired) electrons. The second-order valence-electron chi connectivity index (χ2n) is 4.89. The van der Waals surface area contributed by atoms with Gasteiger partial charge in [0.1, 0.15) is 0 Å². The normalized spacial score (nSPS) is 13.2. The van der Waals surface area contributed by atoms with E-state index in [2.05, 4.69) is 37.3 Å². The van der Waals surface area contributed by atoms with Gasteiger partial charge in [-0.05, 0) is 25.3 Å². The molecule has 0 aliphatic rings. The summed E-state index contributed by atoms with van der Waals surface area (Å²) >= 11 is 0. The Kier molecular flexibility index (Phi) is 6.27. The van der Waals surface area contributed by atoms with Crippen LogP contribution in [-0.2, 0) is 7.05 Å². The van der Waals surface area contributed by atoms with Gasteiger partial charge in [0.05, 0.1) is 18.1 Å². The molecule has 1 atom stereocenters. The van der Waals surface area contributed by atoms with E-state index in [-0.39, 0.29) is 0 Å². The number of rotatable bonds is 8. The average Bonchev–Trinajstić information content (AvgIpc) is 2.76. The molecule has 1 N–H and O–H groups in total. The van der Waals surface area contributed by atoms with Gasteiger partial charge in [0.25, 0.3) is 0 Å². The highest BCUT2D eigenvalue weighted by Crippen LogP contribution is 2.24. The first kappa shape index (κ1) is 14.2. The molecule has 1 rings (SSSR count). The lowest BCUT2D eigenvalue weighted by Crippen LogP contribution is -2.24. The number of hydrogen-bond acceptors (Lipinski definition) is 2. The maximum Gasteiger partial charge on any atom is 0.0947 e. The van der Waals surface area contributed by atoms with E-state index in [9.17, 15) is 0 Å². The summed E-state index contributed by atoms with van der Waals surface area (Å²) in [7, 11) is 2.03. The van der Waals surface area contributed by atoms with Gasteiger partial charge in [-0.15, -0.1) is 0 Å². The van der Waals surface area contributed by atoms with Gasteiger partial charge in [-0.2, -0.15) is 0 Å². The first-order valence-corrected chi connectivity index (χ1v) is 6.92. The SMILES string of the molecule is CCCNC(CC(CC)CC)c1cn(C)cn1. The van der Waals surface area contributed by atoms with Crippen LogP contribution in [0.15, 0.2) is 12.5 Å². The molecular formula is C14H27N3. The minimum absolute atomic E-state index is 0.418. The number of aromatic nitrogens is 2. The molecule has 98 valence electrons. The smallest absolute Gasteiger partial charge is 0.0947 e. The Morgan fingerprint density at radius 3 is 2.47 bits per heavy atom. The van der Waals surface area contributed by atoms with E-state index in [4.69, 9.17) is 0 Å². The molecule has 1 aromatic rings. The Hall–Kier alpha value is -0.830. The van der Waals surface area contributed by atoms with E-state index in [0.29, 0.717) is 6.04 Å². The van der Waals surface area contributed by atoms with Crippen molar-refractivity contribution in [1.82, 2.24) is 14.9 Å². The van der Waals surface area contributed by atoms with Crippen molar-refractivity contribution < 1.29 is 0 Å². The molecule has 1 unspecified atom stereocenters. The van der Waals surface area contributed by atoms with Gasteiger partial charge in [-0.1, -0.05) is 33.6 Å². The van der Waals surface area contributed by atoms with Crippen molar-refractivity contribution >= 4 is 0 Å². The van der Waals surface area contributed by atoms with Crippen molar-refractivity contribution in [2.24, 2.45) is 13.0 Å². The van der Waals surface area contributed by atoms with Crippen LogP contribution in [0, 0.1) is 5.92 Å². The zero-order valence-corrected chi connectivity index (χ0v) is 11.7. The van der Waals surface area contributed by atoms with Gasteiger partial charge >= 0.3 is 0 Å². The zero-order chi connectivity index (χ0) is 12.7. The predicted molar refractivity (Wildman–Crippen MR) is 72.9 cm³/mol. The summed E-state index contributed by atoms with van der Waals surface area (Å²) < 4.78 is 2.03. The van der Waals surface area contributed by atoms with Crippen LogP contribution in [0.3, 0.4) is 0 Å². The lowest BCUT2D eigenvalue weighted by Gasteiger charge is -2.21. The standard InChI is InChI=1S/C14H27N3/c1-5-8-15-13(9-12(6-2)7-3)14-10-17(4)11-16-14/h10-13,15H,5-9H2,1-4H3. The van der Waals surface area contributed by atoms with Gasteiger partial charge in [0.2, 0.25) is 0 Å². The highest BCUT2D eigenvalue weighted by Gasteiger charge is 2.17. The molecular weight excluding hydrogens is 210 g/mol. The van der Waals surface area contributed by atoms with Crippen molar-refractivity contribution in [1.29, 1.82) is 0 Å². The van der Waals surface area contributed by atoms with E-state index >= 15 is 0 Å². The Bertz CT molecular complexity index is 302. The fourth-order valence-corrected chi connectivity index (χ4v) is 2.20. The molecule has 0 aliphatic heterocycles. The Labute approximate surface area is 106 Å². The summed E-state index contributed by atoms with van der Waals surface area (Å²) in [5.41, 5.74) is 1.19. The van der Waals surface area contributed by atoms with E-state index in [1.165, 1.54) is 31.4 Å². The fourth-order valence-electron chi connectivity index (χ4n) is 2.20. The van der Waals surface area contributed by atoms with Crippen molar-refractivity contribution in [3.8, 4) is 0 Å². The third-order valence-corrected chi connectivity index (χ3v) is 3.45. The summed E-state index contributed by atoms with van der Waals surface area (Å²) in [5, 5.41) is 3.62. The number of nitrogens with one attached hydrogen (secondary N) is 1. The summed E-state index contributed by atoms with van der Waals surface area (Å²) in [6.07, 6.45) is 8.91. The molecule has 0 fully saturated rings. The van der Waals surface area contributed by atoms with Crippen LogP contribution in [0.25, 0.3) is 0 Å². The van der Waals surface area contributed by atoms with Crippen molar-refractivity contribution in [2.75, 3.05) is 6.54 Å². The Balaban J connectivity index is 2.66. The number of imidazole rings is 1. The summed E-state index contributed by atoms with van der Waals surface area (Å²) in [6, 6.07) is 0.418. The van der Waals surface area contributed by atoms with Crippen molar-refractivity contribution in [3.05, 3.63) is 18.2 Å². The Morgan fingerprint density at radius 1 is 1.29 bits per heavy atom. The largest absolute Gasteiger partial charge is 0.340 e. The van der Waals surface area contributed by atoms with E-state index in [1.807, 2.05) is 17.9 Å². The Morgan fingerprint density at radius 2 is 2.00 bits per heavy atom. The molecule has 0 amide bonds. The van der Waals surface area contributed by atoms with Gasteiger partial charge in [-0.3, -0.25) is 0 Å². The molecule has 3 heteroatoms. The lowest BCUT2D eigenvalue weighted by atomic mass is 9.93. The van der Waals surface area contributed by atoms with Crippen LogP contribution in [-0.4, -0.2) is 16.1 Å². The molecule has 0 saturated heterocycles. The molecule has 3 nitrogen and oxygen atoms in total. The number of hydrogen-bond donors (Lipinski definition) is 1. The molecule has 17 heavy (non-hydrogen) atoms. The third kappa shape index (κ3) is 4.50. The van der Waals surface area contributed by atoms with Gasteiger partial charge in [0.15, 0.2) is 0 Å². The molecule has 1 aromatic heterocycles.